The van der Waals surface area contributed by atoms with Gasteiger partial charge in [0, 0.05) is 21.8 Å². The topological polar surface area (TPSA) is 61.5 Å². The Morgan fingerprint density at radius 2 is 1.90 bits per heavy atom. The van der Waals surface area contributed by atoms with E-state index in [1.54, 1.807) is 36.4 Å². The van der Waals surface area contributed by atoms with Gasteiger partial charge in [-0.3, -0.25) is 4.79 Å². The molecule has 0 aliphatic heterocycles. The summed E-state index contributed by atoms with van der Waals surface area (Å²) in [6.45, 7) is 2.48. The molecule has 21 heavy (non-hydrogen) atoms. The van der Waals surface area contributed by atoms with E-state index >= 15 is 0 Å². The molecule has 0 saturated carbocycles. The molecule has 0 bridgehead atoms. The third-order valence-electron chi connectivity index (χ3n) is 2.97. The minimum absolute atomic E-state index is 0.137. The Morgan fingerprint density at radius 3 is 2.52 bits per heavy atom. The Kier molecular flexibility index (Phi) is 4.85. The maximum absolute atomic E-state index is 12.6. The summed E-state index contributed by atoms with van der Waals surface area (Å²) in [4.78, 5) is 12.6. The van der Waals surface area contributed by atoms with Crippen molar-refractivity contribution in [3.63, 3.8) is 0 Å². The van der Waals surface area contributed by atoms with E-state index in [4.69, 9.17) is 15.2 Å². The standard InChI is InChI=1S/C16H16BrNO3/c1-3-21-11-5-7-12(14(17)9-11)16(19)13-6-4-10(18)8-15(13)20-2/h4-9H,3,18H2,1-2H3. The van der Waals surface area contributed by atoms with Gasteiger partial charge in [-0.1, -0.05) is 0 Å². The highest BCUT2D eigenvalue weighted by molar-refractivity contribution is 9.10. The summed E-state index contributed by atoms with van der Waals surface area (Å²) in [5.74, 6) is 1.03. The number of rotatable bonds is 5. The normalized spacial score (nSPS) is 10.2. The zero-order valence-electron chi connectivity index (χ0n) is 11.9. The van der Waals surface area contributed by atoms with Crippen LogP contribution in [0.2, 0.25) is 0 Å². The van der Waals surface area contributed by atoms with E-state index in [2.05, 4.69) is 15.9 Å². The average Bonchev–Trinajstić information content (AvgIpc) is 2.47. The predicted octanol–water partition coefficient (Wildman–Crippen LogP) is 3.67. The Labute approximate surface area is 132 Å². The first kappa shape index (κ1) is 15.4. The lowest BCUT2D eigenvalue weighted by atomic mass is 10.0. The highest BCUT2D eigenvalue weighted by atomic mass is 79.9. The fourth-order valence-corrected chi connectivity index (χ4v) is 2.51. The van der Waals surface area contributed by atoms with Gasteiger partial charge < -0.3 is 15.2 Å². The number of hydrogen-bond acceptors (Lipinski definition) is 4. The van der Waals surface area contributed by atoms with Gasteiger partial charge in [0.05, 0.1) is 19.3 Å². The van der Waals surface area contributed by atoms with Crippen molar-refractivity contribution in [2.45, 2.75) is 6.92 Å². The SMILES string of the molecule is CCOc1ccc(C(=O)c2ccc(N)cc2OC)c(Br)c1. The van der Waals surface area contributed by atoms with Crippen LogP contribution in [-0.4, -0.2) is 19.5 Å². The first-order valence-corrected chi connectivity index (χ1v) is 7.26. The number of nitrogen functional groups attached to an aromatic ring is 1. The minimum atomic E-state index is -0.137. The van der Waals surface area contributed by atoms with Crippen LogP contribution in [0.5, 0.6) is 11.5 Å². The second-order valence-electron chi connectivity index (χ2n) is 4.36. The summed E-state index contributed by atoms with van der Waals surface area (Å²) in [7, 11) is 1.51. The monoisotopic (exact) mass is 349 g/mol. The predicted molar refractivity (Wildman–Crippen MR) is 86.1 cm³/mol. The lowest BCUT2D eigenvalue weighted by molar-refractivity contribution is 0.103. The molecule has 0 atom stereocenters. The molecule has 0 unspecified atom stereocenters. The van der Waals surface area contributed by atoms with Crippen molar-refractivity contribution in [2.24, 2.45) is 0 Å². The van der Waals surface area contributed by atoms with Crippen LogP contribution in [0.3, 0.4) is 0 Å². The Bertz CT molecular complexity index is 671. The molecule has 0 heterocycles. The van der Waals surface area contributed by atoms with Crippen molar-refractivity contribution < 1.29 is 14.3 Å². The van der Waals surface area contributed by atoms with Crippen LogP contribution in [0.1, 0.15) is 22.8 Å². The second-order valence-corrected chi connectivity index (χ2v) is 5.22. The van der Waals surface area contributed by atoms with E-state index < -0.39 is 0 Å². The number of anilines is 1. The number of ketones is 1. The molecular weight excluding hydrogens is 334 g/mol. The third-order valence-corrected chi connectivity index (χ3v) is 3.62. The van der Waals surface area contributed by atoms with Crippen LogP contribution < -0.4 is 15.2 Å². The van der Waals surface area contributed by atoms with Crippen LogP contribution in [-0.2, 0) is 0 Å². The Morgan fingerprint density at radius 1 is 1.19 bits per heavy atom. The van der Waals surface area contributed by atoms with Gasteiger partial charge in [-0.15, -0.1) is 0 Å². The Balaban J connectivity index is 2.40. The van der Waals surface area contributed by atoms with Crippen LogP contribution in [0.4, 0.5) is 5.69 Å². The van der Waals surface area contributed by atoms with E-state index in [0.29, 0.717) is 39.4 Å². The van der Waals surface area contributed by atoms with E-state index in [1.807, 2.05) is 6.92 Å². The molecule has 0 spiro atoms. The van der Waals surface area contributed by atoms with Gasteiger partial charge in [0.25, 0.3) is 0 Å². The summed E-state index contributed by atoms with van der Waals surface area (Å²) in [6.07, 6.45) is 0. The van der Waals surface area contributed by atoms with Crippen molar-refractivity contribution in [1.82, 2.24) is 0 Å². The van der Waals surface area contributed by atoms with Crippen molar-refractivity contribution in [3.8, 4) is 11.5 Å². The number of ether oxygens (including phenoxy) is 2. The average molecular weight is 350 g/mol. The van der Waals surface area contributed by atoms with Crippen molar-refractivity contribution >= 4 is 27.4 Å². The first-order chi connectivity index (χ1) is 10.1. The van der Waals surface area contributed by atoms with Gasteiger partial charge in [0.1, 0.15) is 11.5 Å². The quantitative estimate of drug-likeness (QED) is 0.660. The van der Waals surface area contributed by atoms with Gasteiger partial charge in [-0.2, -0.15) is 0 Å². The van der Waals surface area contributed by atoms with E-state index in [9.17, 15) is 4.79 Å². The van der Waals surface area contributed by atoms with Gasteiger partial charge in [0.2, 0.25) is 0 Å². The van der Waals surface area contributed by atoms with Gasteiger partial charge in [0.15, 0.2) is 5.78 Å². The number of carbonyl (C=O) groups excluding carboxylic acids is 1. The number of carbonyl (C=O) groups is 1. The van der Waals surface area contributed by atoms with Crippen LogP contribution in [0.25, 0.3) is 0 Å². The minimum Gasteiger partial charge on any atom is -0.496 e. The molecule has 2 aromatic carbocycles. The lowest BCUT2D eigenvalue weighted by Crippen LogP contribution is -2.06. The number of halogens is 1. The highest BCUT2D eigenvalue weighted by Crippen LogP contribution is 2.29. The highest BCUT2D eigenvalue weighted by Gasteiger charge is 2.17. The largest absolute Gasteiger partial charge is 0.496 e. The third kappa shape index (κ3) is 3.36. The summed E-state index contributed by atoms with van der Waals surface area (Å²) in [5, 5.41) is 0. The fourth-order valence-electron chi connectivity index (χ4n) is 1.98. The summed E-state index contributed by atoms with van der Waals surface area (Å²) in [5.41, 5.74) is 7.27. The van der Waals surface area contributed by atoms with Gasteiger partial charge in [-0.05, 0) is 53.2 Å². The number of methoxy groups -OCH3 is 1. The van der Waals surface area contributed by atoms with E-state index in [0.717, 1.165) is 0 Å². The molecule has 2 N–H and O–H groups in total. The van der Waals surface area contributed by atoms with Crippen molar-refractivity contribution in [2.75, 3.05) is 19.5 Å². The van der Waals surface area contributed by atoms with Gasteiger partial charge in [-0.25, -0.2) is 0 Å². The molecule has 0 fully saturated rings. The zero-order chi connectivity index (χ0) is 15.4. The van der Waals surface area contributed by atoms with Crippen LogP contribution >= 0.6 is 15.9 Å². The molecule has 0 saturated heterocycles. The molecule has 0 amide bonds. The summed E-state index contributed by atoms with van der Waals surface area (Å²) >= 11 is 3.41. The molecular formula is C16H16BrNO3. The van der Waals surface area contributed by atoms with Gasteiger partial charge >= 0.3 is 0 Å². The van der Waals surface area contributed by atoms with Crippen molar-refractivity contribution in [1.29, 1.82) is 0 Å². The van der Waals surface area contributed by atoms with Crippen LogP contribution in [0.15, 0.2) is 40.9 Å². The molecule has 5 heteroatoms. The molecule has 0 aliphatic rings. The molecule has 0 radical (unpaired) electrons. The fraction of sp³-hybridized carbons (Fsp3) is 0.188. The maximum Gasteiger partial charge on any atom is 0.197 e. The molecule has 0 aliphatic carbocycles. The molecule has 2 aromatic rings. The molecule has 4 nitrogen and oxygen atoms in total. The smallest absolute Gasteiger partial charge is 0.197 e. The van der Waals surface area contributed by atoms with E-state index in [1.165, 1.54) is 7.11 Å². The first-order valence-electron chi connectivity index (χ1n) is 6.47. The van der Waals surface area contributed by atoms with Crippen LogP contribution in [0, 0.1) is 0 Å². The summed E-state index contributed by atoms with van der Waals surface area (Å²) < 4.78 is 11.3. The Hall–Kier alpha value is -2.01. The number of nitrogens with two attached hydrogens (primary N) is 1. The molecule has 110 valence electrons. The van der Waals surface area contributed by atoms with E-state index in [-0.39, 0.29) is 5.78 Å². The molecule has 0 aromatic heterocycles. The second kappa shape index (κ2) is 6.63. The number of hydrogen-bond donors (Lipinski definition) is 1. The van der Waals surface area contributed by atoms with Crippen molar-refractivity contribution in [3.05, 3.63) is 52.0 Å². The zero-order valence-corrected chi connectivity index (χ0v) is 13.4. The maximum atomic E-state index is 12.6. The summed E-state index contributed by atoms with van der Waals surface area (Å²) in [6, 6.07) is 10.3. The number of benzene rings is 2. The molecule has 2 rings (SSSR count). The lowest BCUT2D eigenvalue weighted by Gasteiger charge is -2.11.